The SMILES string of the molecule is CC[CH2][In]([CH2]C)[CH2]CCCN(CC)C(C)C. The third-order valence-corrected chi connectivity index (χ3v) is 14.5. The topological polar surface area (TPSA) is 3.24 Å². The van der Waals surface area contributed by atoms with Gasteiger partial charge in [0.05, 0.1) is 0 Å². The molecular weight excluding hydrogens is 297 g/mol. The van der Waals surface area contributed by atoms with Crippen LogP contribution in [0.15, 0.2) is 0 Å². The minimum absolute atomic E-state index is 0.728. The van der Waals surface area contributed by atoms with Crippen molar-refractivity contribution in [3.63, 3.8) is 0 Å². The summed E-state index contributed by atoms with van der Waals surface area (Å²) in [7, 11) is 0. The van der Waals surface area contributed by atoms with Crippen molar-refractivity contribution in [2.75, 3.05) is 13.1 Å². The Hall–Kier alpha value is 0.830. The molecule has 0 aliphatic heterocycles. The maximum atomic E-state index is 2.59. The van der Waals surface area contributed by atoms with Crippen LogP contribution in [0.4, 0.5) is 0 Å². The van der Waals surface area contributed by atoms with E-state index in [0.717, 1.165) is 6.04 Å². The molecule has 0 aliphatic carbocycles. The summed E-state index contributed by atoms with van der Waals surface area (Å²) >= 11 is -1.00. The molecule has 0 unspecified atom stereocenters. The average molecular weight is 329 g/mol. The first-order chi connectivity index (χ1) is 7.65. The van der Waals surface area contributed by atoms with Crippen LogP contribution in [0.3, 0.4) is 0 Å². The normalized spacial score (nSPS) is 11.4. The van der Waals surface area contributed by atoms with Crippen LogP contribution in [-0.2, 0) is 0 Å². The van der Waals surface area contributed by atoms with Crippen LogP contribution >= 0.6 is 0 Å². The van der Waals surface area contributed by atoms with E-state index < -0.39 is 21.4 Å². The second-order valence-corrected chi connectivity index (χ2v) is 15.9. The molecule has 0 radical (unpaired) electrons. The number of nitrogens with zero attached hydrogens (tertiary/aromatic N) is 1. The molecule has 16 heavy (non-hydrogen) atoms. The van der Waals surface area contributed by atoms with Crippen molar-refractivity contribution >= 4 is 21.4 Å². The van der Waals surface area contributed by atoms with Gasteiger partial charge in [-0.3, -0.25) is 0 Å². The Morgan fingerprint density at radius 3 is 2.12 bits per heavy atom. The molecule has 0 spiro atoms. The summed E-state index contributed by atoms with van der Waals surface area (Å²) in [5, 5.41) is 0. The van der Waals surface area contributed by atoms with Crippen LogP contribution < -0.4 is 0 Å². The van der Waals surface area contributed by atoms with Crippen LogP contribution in [-0.4, -0.2) is 45.5 Å². The van der Waals surface area contributed by atoms with Crippen LogP contribution in [0.5, 0.6) is 0 Å². The predicted octanol–water partition coefficient (Wildman–Crippen LogP) is 4.42. The maximum absolute atomic E-state index is 2.59. The van der Waals surface area contributed by atoms with E-state index in [1.165, 1.54) is 32.4 Å². The van der Waals surface area contributed by atoms with Crippen molar-refractivity contribution in [1.82, 2.24) is 4.90 Å². The Labute approximate surface area is 112 Å². The van der Waals surface area contributed by atoms with Gasteiger partial charge in [-0.05, 0) is 0 Å². The molecule has 0 heterocycles. The second-order valence-electron chi connectivity index (χ2n) is 5.28. The molecular formula is C14H32InN. The molecule has 0 saturated carbocycles. The van der Waals surface area contributed by atoms with Gasteiger partial charge >= 0.3 is 112 Å². The fraction of sp³-hybridized carbons (Fsp3) is 1.00. The van der Waals surface area contributed by atoms with E-state index in [4.69, 9.17) is 0 Å². The van der Waals surface area contributed by atoms with Crippen molar-refractivity contribution in [1.29, 1.82) is 0 Å². The van der Waals surface area contributed by atoms with Crippen molar-refractivity contribution in [2.24, 2.45) is 0 Å². The zero-order chi connectivity index (χ0) is 12.4. The van der Waals surface area contributed by atoms with E-state index in [9.17, 15) is 0 Å². The van der Waals surface area contributed by atoms with E-state index >= 15 is 0 Å². The van der Waals surface area contributed by atoms with E-state index in [-0.39, 0.29) is 0 Å². The Kier molecular flexibility index (Phi) is 11.5. The standard InChI is InChI=1S/C9H20N.C3H7.C2H5.In/c1-5-7-8-10(6-2)9(3)4;1-3-2;1-2;/h9H,1,5-8H2,2-4H3;1,3H2,2H3;1H2,2H3;. The molecule has 0 fully saturated rings. The van der Waals surface area contributed by atoms with E-state index in [1.54, 1.807) is 12.5 Å². The van der Waals surface area contributed by atoms with Crippen LogP contribution in [0.25, 0.3) is 0 Å². The fourth-order valence-electron chi connectivity index (χ4n) is 2.49. The summed E-state index contributed by atoms with van der Waals surface area (Å²) in [6, 6.07) is 0.728. The van der Waals surface area contributed by atoms with Gasteiger partial charge in [-0.1, -0.05) is 0 Å². The molecule has 0 bridgehead atoms. The van der Waals surface area contributed by atoms with Gasteiger partial charge in [-0.15, -0.1) is 0 Å². The Balaban J connectivity index is 3.57. The first-order valence-corrected chi connectivity index (χ1v) is 14.4. The number of hydrogen-bond donors (Lipinski definition) is 0. The molecule has 2 heteroatoms. The Morgan fingerprint density at radius 1 is 1.00 bits per heavy atom. The fourth-order valence-corrected chi connectivity index (χ4v) is 10.4. The van der Waals surface area contributed by atoms with E-state index in [2.05, 4.69) is 39.5 Å². The van der Waals surface area contributed by atoms with Gasteiger partial charge in [0.15, 0.2) is 0 Å². The average Bonchev–Trinajstić information content (AvgIpc) is 2.27. The molecule has 0 aromatic rings. The molecule has 1 nitrogen and oxygen atoms in total. The van der Waals surface area contributed by atoms with Gasteiger partial charge in [0.2, 0.25) is 0 Å². The van der Waals surface area contributed by atoms with Crippen molar-refractivity contribution in [3.8, 4) is 0 Å². The third kappa shape index (κ3) is 8.00. The number of rotatable bonds is 10. The quantitative estimate of drug-likeness (QED) is 0.536. The second kappa shape index (κ2) is 11.0. The molecule has 0 rings (SSSR count). The molecule has 0 amide bonds. The molecule has 0 aromatic carbocycles. The van der Waals surface area contributed by atoms with Gasteiger partial charge in [-0.2, -0.15) is 0 Å². The van der Waals surface area contributed by atoms with Gasteiger partial charge < -0.3 is 0 Å². The molecule has 0 saturated heterocycles. The summed E-state index contributed by atoms with van der Waals surface area (Å²) in [4.78, 5) is 2.59. The van der Waals surface area contributed by atoms with Gasteiger partial charge in [0, 0.05) is 0 Å². The third-order valence-electron chi connectivity index (χ3n) is 3.72. The van der Waals surface area contributed by atoms with E-state index in [0.29, 0.717) is 0 Å². The molecule has 0 atom stereocenters. The summed E-state index contributed by atoms with van der Waals surface area (Å²) in [6.45, 7) is 14.2. The monoisotopic (exact) mass is 329 g/mol. The van der Waals surface area contributed by atoms with Crippen LogP contribution in [0, 0.1) is 0 Å². The zero-order valence-electron chi connectivity index (χ0n) is 12.3. The Bertz CT molecular complexity index is 148. The van der Waals surface area contributed by atoms with Gasteiger partial charge in [0.25, 0.3) is 0 Å². The number of unbranched alkanes of at least 4 members (excludes halogenated alkanes) is 1. The van der Waals surface area contributed by atoms with Crippen LogP contribution in [0.2, 0.25) is 12.5 Å². The van der Waals surface area contributed by atoms with Crippen LogP contribution in [0.1, 0.15) is 53.9 Å². The van der Waals surface area contributed by atoms with Gasteiger partial charge in [-0.25, -0.2) is 0 Å². The van der Waals surface area contributed by atoms with Crippen molar-refractivity contribution < 1.29 is 0 Å². The first-order valence-electron chi connectivity index (χ1n) is 7.39. The summed E-state index contributed by atoms with van der Waals surface area (Å²) in [5.74, 6) is 0. The molecule has 0 N–H and O–H groups in total. The van der Waals surface area contributed by atoms with E-state index in [1.807, 2.05) is 0 Å². The minimum atomic E-state index is -1.00. The van der Waals surface area contributed by atoms with Crippen molar-refractivity contribution in [3.05, 3.63) is 0 Å². The summed E-state index contributed by atoms with van der Waals surface area (Å²) < 4.78 is 4.87. The zero-order valence-corrected chi connectivity index (χ0v) is 15.6. The number of hydrogen-bond acceptors (Lipinski definition) is 1. The molecule has 0 aromatic heterocycles. The Morgan fingerprint density at radius 2 is 1.69 bits per heavy atom. The summed E-state index contributed by atoms with van der Waals surface area (Å²) in [6.07, 6.45) is 4.39. The first kappa shape index (κ1) is 16.8. The molecule has 96 valence electrons. The van der Waals surface area contributed by atoms with Crippen molar-refractivity contribution in [2.45, 2.75) is 72.5 Å². The molecule has 0 aliphatic rings. The van der Waals surface area contributed by atoms with Gasteiger partial charge in [0.1, 0.15) is 0 Å². The summed E-state index contributed by atoms with van der Waals surface area (Å²) in [5.41, 5.74) is 0. The predicted molar refractivity (Wildman–Crippen MR) is 77.8 cm³/mol.